The van der Waals surface area contributed by atoms with Gasteiger partial charge in [-0.15, -0.1) is 11.3 Å². The van der Waals surface area contributed by atoms with Gasteiger partial charge in [0.25, 0.3) is 0 Å². The van der Waals surface area contributed by atoms with Gasteiger partial charge in [-0.1, -0.05) is 20.8 Å². The summed E-state index contributed by atoms with van der Waals surface area (Å²) in [5.74, 6) is 0. The molecule has 0 radical (unpaired) electrons. The van der Waals surface area contributed by atoms with Crippen molar-refractivity contribution in [3.63, 3.8) is 0 Å². The lowest BCUT2D eigenvalue weighted by Gasteiger charge is -2.35. The van der Waals surface area contributed by atoms with Crippen LogP contribution in [0, 0.1) is 5.41 Å². The lowest BCUT2D eigenvalue weighted by molar-refractivity contribution is 0.329. The largest absolute Gasteiger partial charge is 0.348 e. The SMILES string of the molecule is CNCc1cnc(N(C)C(C)C(C)(C)C)s1. The summed E-state index contributed by atoms with van der Waals surface area (Å²) in [4.78, 5) is 8.02. The van der Waals surface area contributed by atoms with Crippen LogP contribution in [0.1, 0.15) is 32.6 Å². The van der Waals surface area contributed by atoms with Crippen molar-refractivity contribution < 1.29 is 0 Å². The molecule has 16 heavy (non-hydrogen) atoms. The Labute approximate surface area is 103 Å². The molecule has 0 spiro atoms. The molecule has 0 bridgehead atoms. The van der Waals surface area contributed by atoms with Gasteiger partial charge in [0.2, 0.25) is 0 Å². The number of hydrogen-bond donors (Lipinski definition) is 1. The zero-order chi connectivity index (χ0) is 12.3. The van der Waals surface area contributed by atoms with Gasteiger partial charge >= 0.3 is 0 Å². The third-order valence-electron chi connectivity index (χ3n) is 3.03. The highest BCUT2D eigenvalue weighted by Gasteiger charge is 2.25. The first-order valence-corrected chi connectivity index (χ1v) is 6.50. The summed E-state index contributed by atoms with van der Waals surface area (Å²) in [6.45, 7) is 9.93. The molecule has 1 rings (SSSR count). The maximum absolute atomic E-state index is 4.47. The molecule has 1 aromatic heterocycles. The normalized spacial score (nSPS) is 13.9. The van der Waals surface area contributed by atoms with Gasteiger partial charge in [-0.05, 0) is 19.4 Å². The number of thiazole rings is 1. The molecule has 3 nitrogen and oxygen atoms in total. The number of anilines is 1. The zero-order valence-electron chi connectivity index (χ0n) is 11.2. The van der Waals surface area contributed by atoms with E-state index in [1.807, 2.05) is 13.2 Å². The number of aromatic nitrogens is 1. The molecule has 4 heteroatoms. The molecule has 0 aliphatic heterocycles. The fourth-order valence-corrected chi connectivity index (χ4v) is 2.43. The summed E-state index contributed by atoms with van der Waals surface area (Å²) < 4.78 is 0. The van der Waals surface area contributed by atoms with E-state index in [1.54, 1.807) is 11.3 Å². The third-order valence-corrected chi connectivity index (χ3v) is 4.12. The van der Waals surface area contributed by atoms with Crippen LogP contribution < -0.4 is 10.2 Å². The minimum Gasteiger partial charge on any atom is -0.348 e. The highest BCUT2D eigenvalue weighted by molar-refractivity contribution is 7.15. The highest BCUT2D eigenvalue weighted by Crippen LogP contribution is 2.29. The van der Waals surface area contributed by atoms with Crippen molar-refractivity contribution in [3.05, 3.63) is 11.1 Å². The Bertz CT molecular complexity index is 327. The molecule has 1 aromatic rings. The predicted octanol–water partition coefficient (Wildman–Crippen LogP) is 2.73. The van der Waals surface area contributed by atoms with Gasteiger partial charge in [-0.25, -0.2) is 4.98 Å². The first-order valence-electron chi connectivity index (χ1n) is 5.68. The number of nitrogens with zero attached hydrogens (tertiary/aromatic N) is 2. The summed E-state index contributed by atoms with van der Waals surface area (Å²) in [5, 5.41) is 4.25. The average Bonchev–Trinajstić information content (AvgIpc) is 2.63. The molecular weight excluding hydrogens is 218 g/mol. The van der Waals surface area contributed by atoms with E-state index >= 15 is 0 Å². The van der Waals surface area contributed by atoms with Crippen LogP contribution in [-0.2, 0) is 6.54 Å². The summed E-state index contributed by atoms with van der Waals surface area (Å²) in [5.41, 5.74) is 0.267. The van der Waals surface area contributed by atoms with Crippen molar-refractivity contribution in [3.8, 4) is 0 Å². The Balaban J connectivity index is 2.76. The molecule has 92 valence electrons. The van der Waals surface area contributed by atoms with Crippen LogP contribution >= 0.6 is 11.3 Å². The van der Waals surface area contributed by atoms with E-state index in [1.165, 1.54) is 4.88 Å². The maximum Gasteiger partial charge on any atom is 0.185 e. The molecule has 1 heterocycles. The van der Waals surface area contributed by atoms with E-state index < -0.39 is 0 Å². The van der Waals surface area contributed by atoms with Gasteiger partial charge in [-0.2, -0.15) is 0 Å². The first-order chi connectivity index (χ1) is 7.36. The third kappa shape index (κ3) is 3.19. The van der Waals surface area contributed by atoms with E-state index in [0.717, 1.165) is 11.7 Å². The van der Waals surface area contributed by atoms with E-state index in [9.17, 15) is 0 Å². The summed E-state index contributed by atoms with van der Waals surface area (Å²) in [6, 6.07) is 0.473. The van der Waals surface area contributed by atoms with Crippen LogP contribution in [0.2, 0.25) is 0 Å². The molecule has 1 N–H and O–H groups in total. The molecule has 0 fully saturated rings. The molecule has 0 amide bonds. The van der Waals surface area contributed by atoms with Crippen LogP contribution in [0.4, 0.5) is 5.13 Å². The smallest absolute Gasteiger partial charge is 0.185 e. The minimum absolute atomic E-state index is 0.267. The lowest BCUT2D eigenvalue weighted by atomic mass is 9.87. The van der Waals surface area contributed by atoms with Gasteiger partial charge in [0, 0.05) is 30.7 Å². The predicted molar refractivity (Wildman–Crippen MR) is 72.2 cm³/mol. The maximum atomic E-state index is 4.47. The molecule has 0 aliphatic carbocycles. The average molecular weight is 241 g/mol. The monoisotopic (exact) mass is 241 g/mol. The van der Waals surface area contributed by atoms with Crippen LogP contribution in [0.3, 0.4) is 0 Å². The van der Waals surface area contributed by atoms with Crippen molar-refractivity contribution in [2.45, 2.75) is 40.3 Å². The van der Waals surface area contributed by atoms with Crippen molar-refractivity contribution in [1.29, 1.82) is 0 Å². The summed E-state index contributed by atoms with van der Waals surface area (Å²) in [6.07, 6.45) is 1.96. The van der Waals surface area contributed by atoms with Crippen molar-refractivity contribution in [2.75, 3.05) is 19.0 Å². The number of hydrogen-bond acceptors (Lipinski definition) is 4. The number of nitrogens with one attached hydrogen (secondary N) is 1. The molecule has 0 saturated carbocycles. The van der Waals surface area contributed by atoms with Crippen molar-refractivity contribution in [1.82, 2.24) is 10.3 Å². The molecule has 1 unspecified atom stereocenters. The standard InChI is InChI=1S/C12H23N3S/c1-9(12(2,3)4)15(6)11-14-8-10(16-11)7-13-5/h8-9,13H,7H2,1-6H3. The van der Waals surface area contributed by atoms with Gasteiger partial charge in [-0.3, -0.25) is 0 Å². The van der Waals surface area contributed by atoms with Crippen LogP contribution in [0.15, 0.2) is 6.20 Å². The second kappa shape index (κ2) is 5.15. The number of rotatable bonds is 4. The van der Waals surface area contributed by atoms with Gasteiger partial charge in [0.1, 0.15) is 0 Å². The van der Waals surface area contributed by atoms with Crippen LogP contribution in [0.5, 0.6) is 0 Å². The summed E-state index contributed by atoms with van der Waals surface area (Å²) >= 11 is 1.76. The fraction of sp³-hybridized carbons (Fsp3) is 0.750. The lowest BCUT2D eigenvalue weighted by Crippen LogP contribution is -2.39. The van der Waals surface area contributed by atoms with Gasteiger partial charge in [0.15, 0.2) is 5.13 Å². The molecule has 0 aromatic carbocycles. The van der Waals surface area contributed by atoms with Gasteiger partial charge < -0.3 is 10.2 Å². The Morgan fingerprint density at radius 3 is 2.62 bits per heavy atom. The van der Waals surface area contributed by atoms with Crippen molar-refractivity contribution >= 4 is 16.5 Å². The van der Waals surface area contributed by atoms with E-state index in [4.69, 9.17) is 0 Å². The molecule has 0 aliphatic rings. The van der Waals surface area contributed by atoms with E-state index in [0.29, 0.717) is 6.04 Å². The topological polar surface area (TPSA) is 28.2 Å². The molecule has 1 atom stereocenters. The second-order valence-corrected chi connectivity index (χ2v) is 6.39. The Hall–Kier alpha value is -0.610. The fourth-order valence-electron chi connectivity index (χ4n) is 1.46. The Morgan fingerprint density at radius 1 is 1.50 bits per heavy atom. The Morgan fingerprint density at radius 2 is 2.12 bits per heavy atom. The first kappa shape index (κ1) is 13.5. The second-order valence-electron chi connectivity index (χ2n) is 5.29. The van der Waals surface area contributed by atoms with E-state index in [2.05, 4.69) is 49.9 Å². The summed E-state index contributed by atoms with van der Waals surface area (Å²) in [7, 11) is 4.08. The molecular formula is C12H23N3S. The quantitative estimate of drug-likeness (QED) is 0.878. The highest BCUT2D eigenvalue weighted by atomic mass is 32.1. The minimum atomic E-state index is 0.267. The Kier molecular flexibility index (Phi) is 4.33. The molecule has 0 saturated heterocycles. The van der Waals surface area contributed by atoms with Gasteiger partial charge in [0.05, 0.1) is 0 Å². The van der Waals surface area contributed by atoms with Crippen LogP contribution in [-0.4, -0.2) is 25.1 Å². The van der Waals surface area contributed by atoms with Crippen LogP contribution in [0.25, 0.3) is 0 Å². The van der Waals surface area contributed by atoms with E-state index in [-0.39, 0.29) is 5.41 Å². The van der Waals surface area contributed by atoms with Crippen molar-refractivity contribution in [2.24, 2.45) is 5.41 Å². The zero-order valence-corrected chi connectivity index (χ0v) is 12.0.